The standard InChI is InChI=1S/C8H5BrCl2O2/c9-3-4-1-6(10)7(11)2-5(4)8(12)13/h1-2H,3H2,(H,12,13). The van der Waals surface area contributed by atoms with E-state index in [0.29, 0.717) is 15.9 Å². The highest BCUT2D eigenvalue weighted by atomic mass is 79.9. The third kappa shape index (κ3) is 2.36. The number of carboxylic acids is 1. The quantitative estimate of drug-likeness (QED) is 0.843. The van der Waals surface area contributed by atoms with E-state index in [1.807, 2.05) is 0 Å². The number of aromatic carboxylic acids is 1. The Hall–Kier alpha value is -0.250. The fourth-order valence-electron chi connectivity index (χ4n) is 0.898. The molecule has 0 saturated carbocycles. The molecule has 2 nitrogen and oxygen atoms in total. The lowest BCUT2D eigenvalue weighted by Crippen LogP contribution is -2.01. The average Bonchev–Trinajstić information content (AvgIpc) is 2.08. The van der Waals surface area contributed by atoms with E-state index in [-0.39, 0.29) is 10.6 Å². The first-order valence-corrected chi connectivity index (χ1v) is 5.21. The van der Waals surface area contributed by atoms with Gasteiger partial charge < -0.3 is 5.11 Å². The predicted octanol–water partition coefficient (Wildman–Crippen LogP) is 3.59. The lowest BCUT2D eigenvalue weighted by molar-refractivity contribution is 0.0696. The molecule has 0 aromatic heterocycles. The zero-order valence-corrected chi connectivity index (χ0v) is 9.45. The highest BCUT2D eigenvalue weighted by molar-refractivity contribution is 9.08. The summed E-state index contributed by atoms with van der Waals surface area (Å²) < 4.78 is 0. The summed E-state index contributed by atoms with van der Waals surface area (Å²) in [6.07, 6.45) is 0. The van der Waals surface area contributed by atoms with Gasteiger partial charge in [0.15, 0.2) is 0 Å². The molecule has 1 rings (SSSR count). The molecule has 13 heavy (non-hydrogen) atoms. The van der Waals surface area contributed by atoms with Crippen LogP contribution in [0.15, 0.2) is 12.1 Å². The second-order valence-corrected chi connectivity index (χ2v) is 3.74. The number of halogens is 3. The Kier molecular flexibility index (Phi) is 3.59. The number of hydrogen-bond donors (Lipinski definition) is 1. The fourth-order valence-corrected chi connectivity index (χ4v) is 1.71. The molecule has 1 N–H and O–H groups in total. The summed E-state index contributed by atoms with van der Waals surface area (Å²) >= 11 is 14.6. The molecule has 0 bridgehead atoms. The van der Waals surface area contributed by atoms with Crippen LogP contribution in [0, 0.1) is 0 Å². The van der Waals surface area contributed by atoms with Gasteiger partial charge in [0.2, 0.25) is 0 Å². The SMILES string of the molecule is O=C(O)c1cc(Cl)c(Cl)cc1CBr. The minimum Gasteiger partial charge on any atom is -0.478 e. The van der Waals surface area contributed by atoms with E-state index >= 15 is 0 Å². The van der Waals surface area contributed by atoms with Gasteiger partial charge >= 0.3 is 5.97 Å². The fraction of sp³-hybridized carbons (Fsp3) is 0.125. The van der Waals surface area contributed by atoms with Crippen molar-refractivity contribution in [2.75, 3.05) is 0 Å². The van der Waals surface area contributed by atoms with E-state index in [1.165, 1.54) is 6.07 Å². The maximum absolute atomic E-state index is 10.7. The Morgan fingerprint density at radius 2 is 1.92 bits per heavy atom. The summed E-state index contributed by atoms with van der Waals surface area (Å²) in [5, 5.41) is 9.84. The second-order valence-electron chi connectivity index (χ2n) is 2.36. The summed E-state index contributed by atoms with van der Waals surface area (Å²) in [5.41, 5.74) is 0.785. The molecule has 0 amide bonds. The largest absolute Gasteiger partial charge is 0.478 e. The molecule has 0 aliphatic heterocycles. The van der Waals surface area contributed by atoms with Crippen LogP contribution in [0.2, 0.25) is 10.0 Å². The number of alkyl halides is 1. The molecule has 1 aromatic rings. The van der Waals surface area contributed by atoms with Crippen molar-refractivity contribution in [3.8, 4) is 0 Å². The Morgan fingerprint density at radius 1 is 1.38 bits per heavy atom. The summed E-state index contributed by atoms with van der Waals surface area (Å²) in [6.45, 7) is 0. The van der Waals surface area contributed by atoms with Gasteiger partial charge in [-0.3, -0.25) is 0 Å². The van der Waals surface area contributed by atoms with Gasteiger partial charge in [0.05, 0.1) is 15.6 Å². The van der Waals surface area contributed by atoms with E-state index in [2.05, 4.69) is 15.9 Å². The van der Waals surface area contributed by atoms with Gasteiger partial charge in [0.1, 0.15) is 0 Å². The number of carbonyl (C=O) groups is 1. The van der Waals surface area contributed by atoms with Crippen LogP contribution in [0.1, 0.15) is 15.9 Å². The number of carboxylic acid groups (broad SMARTS) is 1. The van der Waals surface area contributed by atoms with Crippen molar-refractivity contribution < 1.29 is 9.90 Å². The maximum atomic E-state index is 10.7. The van der Waals surface area contributed by atoms with Crippen LogP contribution in [0.25, 0.3) is 0 Å². The normalized spacial score (nSPS) is 10.1. The molecule has 0 spiro atoms. The van der Waals surface area contributed by atoms with Crippen molar-refractivity contribution in [1.82, 2.24) is 0 Å². The summed E-state index contributed by atoms with van der Waals surface area (Å²) in [7, 11) is 0. The molecule has 0 unspecified atom stereocenters. The van der Waals surface area contributed by atoms with E-state index in [9.17, 15) is 4.79 Å². The Bertz CT molecular complexity index is 352. The van der Waals surface area contributed by atoms with E-state index in [0.717, 1.165) is 0 Å². The van der Waals surface area contributed by atoms with Crippen LogP contribution in [0.3, 0.4) is 0 Å². The van der Waals surface area contributed by atoms with Gasteiger partial charge in [0.25, 0.3) is 0 Å². The lowest BCUT2D eigenvalue weighted by atomic mass is 10.1. The van der Waals surface area contributed by atoms with E-state index < -0.39 is 5.97 Å². The van der Waals surface area contributed by atoms with Gasteiger partial charge in [0, 0.05) is 5.33 Å². The first-order chi connectivity index (χ1) is 6.06. The molecule has 1 aromatic carbocycles. The number of hydrogen-bond acceptors (Lipinski definition) is 1. The molecule has 5 heteroatoms. The summed E-state index contributed by atoms with van der Waals surface area (Å²) in [6, 6.07) is 2.89. The van der Waals surface area contributed by atoms with Gasteiger partial charge in [-0.15, -0.1) is 0 Å². The van der Waals surface area contributed by atoms with Crippen LogP contribution in [-0.4, -0.2) is 11.1 Å². The molecule has 0 atom stereocenters. The Labute approximate surface area is 93.6 Å². The molecule has 0 radical (unpaired) electrons. The van der Waals surface area contributed by atoms with Crippen LogP contribution in [0.5, 0.6) is 0 Å². The Morgan fingerprint density at radius 3 is 2.38 bits per heavy atom. The van der Waals surface area contributed by atoms with Crippen LogP contribution < -0.4 is 0 Å². The smallest absolute Gasteiger partial charge is 0.336 e. The van der Waals surface area contributed by atoms with Gasteiger partial charge in [-0.2, -0.15) is 0 Å². The summed E-state index contributed by atoms with van der Waals surface area (Å²) in [5.74, 6) is -1.01. The first-order valence-electron chi connectivity index (χ1n) is 3.33. The molecule has 0 heterocycles. The second kappa shape index (κ2) is 4.31. The van der Waals surface area contributed by atoms with Crippen LogP contribution in [0.4, 0.5) is 0 Å². The van der Waals surface area contributed by atoms with Gasteiger partial charge in [-0.1, -0.05) is 39.1 Å². The van der Waals surface area contributed by atoms with Crippen molar-refractivity contribution in [2.45, 2.75) is 5.33 Å². The lowest BCUT2D eigenvalue weighted by Gasteiger charge is -2.04. The van der Waals surface area contributed by atoms with Crippen molar-refractivity contribution in [3.63, 3.8) is 0 Å². The molecule has 0 fully saturated rings. The molecular weight excluding hydrogens is 279 g/mol. The maximum Gasteiger partial charge on any atom is 0.336 e. The van der Waals surface area contributed by atoms with Crippen molar-refractivity contribution in [1.29, 1.82) is 0 Å². The van der Waals surface area contributed by atoms with Crippen LogP contribution >= 0.6 is 39.1 Å². The topological polar surface area (TPSA) is 37.3 Å². The zero-order chi connectivity index (χ0) is 10.0. The van der Waals surface area contributed by atoms with Gasteiger partial charge in [-0.05, 0) is 17.7 Å². The predicted molar refractivity (Wildman–Crippen MR) is 56.1 cm³/mol. The third-order valence-electron chi connectivity index (χ3n) is 1.52. The number of rotatable bonds is 2. The summed E-state index contributed by atoms with van der Waals surface area (Å²) in [4.78, 5) is 10.7. The highest BCUT2D eigenvalue weighted by Crippen LogP contribution is 2.27. The molecule has 0 saturated heterocycles. The third-order valence-corrected chi connectivity index (χ3v) is 2.85. The average molecular weight is 284 g/mol. The van der Waals surface area contributed by atoms with Gasteiger partial charge in [-0.25, -0.2) is 4.79 Å². The minimum atomic E-state index is -1.01. The minimum absolute atomic E-state index is 0.172. The van der Waals surface area contributed by atoms with Crippen molar-refractivity contribution >= 4 is 45.1 Å². The first kappa shape index (κ1) is 10.8. The number of benzene rings is 1. The molecular formula is C8H5BrCl2O2. The highest BCUT2D eigenvalue weighted by Gasteiger charge is 2.12. The van der Waals surface area contributed by atoms with Crippen molar-refractivity contribution in [2.24, 2.45) is 0 Å². The molecule has 0 aliphatic rings. The Balaban J connectivity index is 3.33. The molecule has 0 aliphatic carbocycles. The van der Waals surface area contributed by atoms with E-state index in [1.54, 1.807) is 6.07 Å². The van der Waals surface area contributed by atoms with Crippen LogP contribution in [-0.2, 0) is 5.33 Å². The van der Waals surface area contributed by atoms with E-state index in [4.69, 9.17) is 28.3 Å². The molecule has 70 valence electrons. The zero-order valence-electron chi connectivity index (χ0n) is 6.35. The van der Waals surface area contributed by atoms with Crippen molar-refractivity contribution in [3.05, 3.63) is 33.3 Å². The monoisotopic (exact) mass is 282 g/mol.